The molecular weight excluding hydrogens is 246 g/mol. The van der Waals surface area contributed by atoms with Crippen LogP contribution in [0.1, 0.15) is 22.5 Å². The van der Waals surface area contributed by atoms with E-state index in [-0.39, 0.29) is 5.76 Å². The molecule has 2 rings (SSSR count). The Hall–Kier alpha value is -2.90. The minimum absolute atomic E-state index is 0.0940. The van der Waals surface area contributed by atoms with Crippen LogP contribution in [0.25, 0.3) is 21.4 Å². The average Bonchev–Trinajstić information content (AvgIpc) is 2.82. The lowest BCUT2D eigenvalue weighted by Gasteiger charge is -1.90. The number of furan rings is 1. The van der Waals surface area contributed by atoms with Crippen molar-refractivity contribution in [2.45, 2.75) is 6.42 Å². The Morgan fingerprint density at radius 1 is 1.47 bits per heavy atom. The third-order valence-electron chi connectivity index (χ3n) is 2.36. The van der Waals surface area contributed by atoms with Crippen LogP contribution in [-0.4, -0.2) is 17.6 Å². The number of carboxylic acid groups (broad SMARTS) is 1. The number of fused-ring (bicyclic) bond motifs is 1. The van der Waals surface area contributed by atoms with Gasteiger partial charge in [0.15, 0.2) is 0 Å². The first-order valence-corrected chi connectivity index (χ1v) is 5.47. The quantitative estimate of drug-likeness (QED) is 0.299. The van der Waals surface area contributed by atoms with Gasteiger partial charge in [0, 0.05) is 28.8 Å². The van der Waals surface area contributed by atoms with Crippen LogP contribution in [0.2, 0.25) is 0 Å². The van der Waals surface area contributed by atoms with E-state index in [9.17, 15) is 4.79 Å². The fraction of sp³-hybridized carbons (Fsp3) is 0.154. The van der Waals surface area contributed by atoms with Crippen LogP contribution < -0.4 is 0 Å². The summed E-state index contributed by atoms with van der Waals surface area (Å²) >= 11 is 0. The maximum Gasteiger partial charge on any atom is 0.371 e. The summed E-state index contributed by atoms with van der Waals surface area (Å²) in [6.45, 7) is 0.334. The Morgan fingerprint density at radius 2 is 2.32 bits per heavy atom. The summed E-state index contributed by atoms with van der Waals surface area (Å²) in [6, 6.07) is 6.64. The molecule has 0 aliphatic rings. The molecule has 1 heterocycles. The number of carboxylic acids is 1. The van der Waals surface area contributed by atoms with Crippen molar-refractivity contribution in [3.05, 3.63) is 46.0 Å². The van der Waals surface area contributed by atoms with Gasteiger partial charge in [-0.05, 0) is 29.8 Å². The molecule has 6 heteroatoms. The summed E-state index contributed by atoms with van der Waals surface area (Å²) in [5.74, 6) is 4.59. The number of rotatable bonds is 3. The van der Waals surface area contributed by atoms with Crippen LogP contribution in [0.4, 0.5) is 0 Å². The molecule has 0 radical (unpaired) electrons. The van der Waals surface area contributed by atoms with Gasteiger partial charge in [-0.25, -0.2) is 4.79 Å². The van der Waals surface area contributed by atoms with Crippen LogP contribution in [-0.2, 0) is 0 Å². The normalized spacial score (nSPS) is 9.47. The van der Waals surface area contributed by atoms with Gasteiger partial charge in [0.25, 0.3) is 0 Å². The van der Waals surface area contributed by atoms with Gasteiger partial charge in [0.1, 0.15) is 5.58 Å². The molecule has 0 saturated heterocycles. The van der Waals surface area contributed by atoms with Gasteiger partial charge in [-0.2, -0.15) is 0 Å². The number of benzene rings is 1. The van der Waals surface area contributed by atoms with E-state index in [1.807, 2.05) is 0 Å². The van der Waals surface area contributed by atoms with Crippen LogP contribution in [0.3, 0.4) is 0 Å². The van der Waals surface area contributed by atoms with E-state index in [4.69, 9.17) is 15.1 Å². The number of nitrogens with zero attached hydrogens (tertiary/aromatic N) is 3. The van der Waals surface area contributed by atoms with Crippen molar-refractivity contribution in [2.75, 3.05) is 6.54 Å². The zero-order valence-corrected chi connectivity index (χ0v) is 9.83. The van der Waals surface area contributed by atoms with Crippen LogP contribution in [0, 0.1) is 11.8 Å². The standard InChI is InChI=1S/C13H9N3O3/c14-16-15-6-2-1-3-9-4-5-11-10(7-9)8-12(19-11)13(17)18/h4-5,7-8H,2,6H2,(H,17,18). The molecule has 94 valence electrons. The maximum atomic E-state index is 10.8. The maximum absolute atomic E-state index is 10.8. The number of carbonyl (C=O) groups is 1. The van der Waals surface area contributed by atoms with Crippen molar-refractivity contribution in [1.82, 2.24) is 0 Å². The first-order chi connectivity index (χ1) is 9.20. The van der Waals surface area contributed by atoms with E-state index in [0.29, 0.717) is 23.9 Å². The smallest absolute Gasteiger partial charge is 0.371 e. The first kappa shape index (κ1) is 12.6. The molecule has 1 aromatic carbocycles. The molecule has 1 N–H and O–H groups in total. The topological polar surface area (TPSA) is 99.2 Å². The summed E-state index contributed by atoms with van der Waals surface area (Å²) < 4.78 is 5.14. The molecule has 0 fully saturated rings. The molecular formula is C13H9N3O3. The lowest BCUT2D eigenvalue weighted by molar-refractivity contribution is 0.0665. The highest BCUT2D eigenvalue weighted by atomic mass is 16.4. The van der Waals surface area contributed by atoms with Crippen molar-refractivity contribution < 1.29 is 14.3 Å². The SMILES string of the molecule is [N-]=[N+]=NCCC#Cc1ccc2oc(C(=O)O)cc2c1. The van der Waals surface area contributed by atoms with Gasteiger partial charge >= 0.3 is 5.97 Å². The van der Waals surface area contributed by atoms with Crippen molar-refractivity contribution in [3.8, 4) is 11.8 Å². The lowest BCUT2D eigenvalue weighted by atomic mass is 10.1. The number of hydrogen-bond acceptors (Lipinski definition) is 3. The molecule has 0 amide bonds. The third kappa shape index (κ3) is 3.06. The van der Waals surface area contributed by atoms with Gasteiger partial charge in [-0.1, -0.05) is 17.0 Å². The van der Waals surface area contributed by atoms with Crippen molar-refractivity contribution in [2.24, 2.45) is 5.11 Å². The molecule has 0 bridgehead atoms. The summed E-state index contributed by atoms with van der Waals surface area (Å²) in [7, 11) is 0. The molecule has 19 heavy (non-hydrogen) atoms. The minimum Gasteiger partial charge on any atom is -0.475 e. The van der Waals surface area contributed by atoms with Gasteiger partial charge in [0.2, 0.25) is 5.76 Å². The predicted molar refractivity (Wildman–Crippen MR) is 68.7 cm³/mol. The van der Waals surface area contributed by atoms with Gasteiger partial charge in [0.05, 0.1) is 0 Å². The molecule has 0 saturated carbocycles. The highest BCUT2D eigenvalue weighted by Crippen LogP contribution is 2.20. The minimum atomic E-state index is -1.10. The molecule has 2 aromatic rings. The number of azide groups is 1. The highest BCUT2D eigenvalue weighted by Gasteiger charge is 2.09. The average molecular weight is 255 g/mol. The summed E-state index contributed by atoms with van der Waals surface area (Å²) in [6.07, 6.45) is 0.480. The molecule has 6 nitrogen and oxygen atoms in total. The molecule has 0 unspecified atom stereocenters. The van der Waals surface area contributed by atoms with Crippen LogP contribution in [0.15, 0.2) is 33.8 Å². The Kier molecular flexibility index (Phi) is 3.72. The molecule has 1 aromatic heterocycles. The van der Waals surface area contributed by atoms with Gasteiger partial charge in [-0.15, -0.1) is 0 Å². The Morgan fingerprint density at radius 3 is 3.05 bits per heavy atom. The van der Waals surface area contributed by atoms with Crippen LogP contribution >= 0.6 is 0 Å². The second-order valence-electron chi connectivity index (χ2n) is 3.67. The Balaban J connectivity index is 2.21. The Labute approximate surface area is 108 Å². The number of aromatic carboxylic acids is 1. The van der Waals surface area contributed by atoms with Crippen molar-refractivity contribution in [3.63, 3.8) is 0 Å². The van der Waals surface area contributed by atoms with Gasteiger partial charge < -0.3 is 9.52 Å². The van der Waals surface area contributed by atoms with E-state index < -0.39 is 5.97 Å². The van der Waals surface area contributed by atoms with Crippen molar-refractivity contribution in [1.29, 1.82) is 0 Å². The zero-order chi connectivity index (χ0) is 13.7. The lowest BCUT2D eigenvalue weighted by Crippen LogP contribution is -1.91. The zero-order valence-electron chi connectivity index (χ0n) is 9.83. The second-order valence-corrected chi connectivity index (χ2v) is 3.67. The van der Waals surface area contributed by atoms with Crippen LogP contribution in [0.5, 0.6) is 0 Å². The molecule has 0 aliphatic carbocycles. The van der Waals surface area contributed by atoms with Gasteiger partial charge in [-0.3, -0.25) is 0 Å². The fourth-order valence-corrected chi connectivity index (χ4v) is 1.54. The van der Waals surface area contributed by atoms with E-state index in [1.54, 1.807) is 18.2 Å². The molecule has 0 spiro atoms. The van der Waals surface area contributed by atoms with E-state index >= 15 is 0 Å². The fourth-order valence-electron chi connectivity index (χ4n) is 1.54. The third-order valence-corrected chi connectivity index (χ3v) is 2.36. The van der Waals surface area contributed by atoms with E-state index in [1.165, 1.54) is 6.07 Å². The highest BCUT2D eigenvalue weighted by molar-refractivity contribution is 5.91. The summed E-state index contributed by atoms with van der Waals surface area (Å²) in [5.41, 5.74) is 9.37. The summed E-state index contributed by atoms with van der Waals surface area (Å²) in [5, 5.41) is 12.9. The number of hydrogen-bond donors (Lipinski definition) is 1. The predicted octanol–water partition coefficient (Wildman–Crippen LogP) is 3.18. The summed E-state index contributed by atoms with van der Waals surface area (Å²) in [4.78, 5) is 13.4. The van der Waals surface area contributed by atoms with E-state index in [0.717, 1.165) is 5.56 Å². The van der Waals surface area contributed by atoms with E-state index in [2.05, 4.69) is 21.9 Å². The molecule has 0 aliphatic heterocycles. The molecule has 0 atom stereocenters. The largest absolute Gasteiger partial charge is 0.475 e. The monoisotopic (exact) mass is 255 g/mol. The van der Waals surface area contributed by atoms with Crippen molar-refractivity contribution >= 4 is 16.9 Å². The Bertz CT molecular complexity index is 730. The second kappa shape index (κ2) is 5.63. The first-order valence-electron chi connectivity index (χ1n) is 5.47.